The Kier molecular flexibility index (Phi) is 5.64. The third-order valence-electron chi connectivity index (χ3n) is 3.63. The highest BCUT2D eigenvalue weighted by Crippen LogP contribution is 2.21. The molecule has 2 nitrogen and oxygen atoms in total. The van der Waals surface area contributed by atoms with Crippen LogP contribution in [0.5, 0.6) is 0 Å². The van der Waals surface area contributed by atoms with Gasteiger partial charge in [0.15, 0.2) is 0 Å². The Hall–Kier alpha value is -0.610. The van der Waals surface area contributed by atoms with E-state index in [0.717, 1.165) is 18.7 Å². The third-order valence-corrected chi connectivity index (χ3v) is 4.28. The van der Waals surface area contributed by atoms with E-state index in [1.54, 1.807) is 12.1 Å². The van der Waals surface area contributed by atoms with E-state index in [1.165, 1.54) is 25.7 Å². The predicted molar refractivity (Wildman–Crippen MR) is 82.1 cm³/mol. The van der Waals surface area contributed by atoms with Gasteiger partial charge in [0.25, 0.3) is 0 Å². The molecular weight excluding hydrogens is 307 g/mol. The molecule has 0 amide bonds. The lowest BCUT2D eigenvalue weighted by atomic mass is 10.0. The Bertz CT molecular complexity index is 403. The molecule has 0 radical (unpaired) electrons. The maximum absolute atomic E-state index is 13.4. The van der Waals surface area contributed by atoms with Crippen LogP contribution in [0.2, 0.25) is 0 Å². The van der Waals surface area contributed by atoms with Gasteiger partial charge in [0.1, 0.15) is 5.82 Å². The summed E-state index contributed by atoms with van der Waals surface area (Å²) in [4.78, 5) is 0. The number of hydrogen-bond acceptors (Lipinski definition) is 2. The summed E-state index contributed by atoms with van der Waals surface area (Å²) in [6.07, 6.45) is 6.27. The van der Waals surface area contributed by atoms with Gasteiger partial charge in [0.2, 0.25) is 0 Å². The second kappa shape index (κ2) is 7.25. The molecule has 4 heteroatoms. The molecule has 1 fully saturated rings. The minimum atomic E-state index is -0.218. The highest BCUT2D eigenvalue weighted by atomic mass is 79.9. The standard InChI is InChI=1S/C15H22BrFN2/c1-11(9-12-5-3-2-4-8-18-12)19-13-6-7-14(16)15(17)10-13/h6-7,10-12,18-19H,2-5,8-9H2,1H3. The van der Waals surface area contributed by atoms with Crippen LogP contribution in [0.1, 0.15) is 39.0 Å². The number of nitrogens with one attached hydrogen (secondary N) is 2. The van der Waals surface area contributed by atoms with Crippen molar-refractivity contribution in [1.29, 1.82) is 0 Å². The number of benzene rings is 1. The fraction of sp³-hybridized carbons (Fsp3) is 0.600. The van der Waals surface area contributed by atoms with Crippen molar-refractivity contribution >= 4 is 21.6 Å². The van der Waals surface area contributed by atoms with Crippen LogP contribution in [0.4, 0.5) is 10.1 Å². The third kappa shape index (κ3) is 4.77. The molecule has 0 aromatic heterocycles. The normalized spacial score (nSPS) is 21.7. The van der Waals surface area contributed by atoms with E-state index in [0.29, 0.717) is 16.6 Å². The molecule has 2 atom stereocenters. The van der Waals surface area contributed by atoms with Crippen LogP contribution in [0.15, 0.2) is 22.7 Å². The van der Waals surface area contributed by atoms with Gasteiger partial charge < -0.3 is 10.6 Å². The lowest BCUT2D eigenvalue weighted by Crippen LogP contribution is -2.33. The van der Waals surface area contributed by atoms with Crippen molar-refractivity contribution < 1.29 is 4.39 Å². The van der Waals surface area contributed by atoms with Crippen LogP contribution in [0, 0.1) is 5.82 Å². The molecule has 1 aliphatic heterocycles. The Morgan fingerprint density at radius 3 is 3.05 bits per heavy atom. The van der Waals surface area contributed by atoms with Crippen LogP contribution in [0.3, 0.4) is 0 Å². The van der Waals surface area contributed by atoms with Crippen molar-refractivity contribution in [2.75, 3.05) is 11.9 Å². The largest absolute Gasteiger partial charge is 0.382 e. The zero-order valence-electron chi connectivity index (χ0n) is 11.4. The SMILES string of the molecule is CC(CC1CCCCCN1)Nc1ccc(Br)c(F)c1. The van der Waals surface area contributed by atoms with Gasteiger partial charge >= 0.3 is 0 Å². The molecule has 2 rings (SSSR count). The average Bonchev–Trinajstić information content (AvgIpc) is 2.62. The Morgan fingerprint density at radius 2 is 2.26 bits per heavy atom. The fourth-order valence-corrected chi connectivity index (χ4v) is 2.90. The first kappa shape index (κ1) is 14.8. The molecule has 1 saturated heterocycles. The van der Waals surface area contributed by atoms with E-state index < -0.39 is 0 Å². The number of rotatable bonds is 4. The Morgan fingerprint density at radius 1 is 1.42 bits per heavy atom. The molecule has 0 bridgehead atoms. The summed E-state index contributed by atoms with van der Waals surface area (Å²) >= 11 is 3.17. The molecule has 0 aliphatic carbocycles. The lowest BCUT2D eigenvalue weighted by molar-refractivity contribution is 0.456. The van der Waals surface area contributed by atoms with Crippen molar-refractivity contribution in [3.05, 3.63) is 28.5 Å². The second-order valence-electron chi connectivity index (χ2n) is 5.41. The van der Waals surface area contributed by atoms with Crippen molar-refractivity contribution in [2.24, 2.45) is 0 Å². The molecule has 0 spiro atoms. The van der Waals surface area contributed by atoms with Crippen LogP contribution in [-0.2, 0) is 0 Å². The van der Waals surface area contributed by atoms with Gasteiger partial charge in [-0.1, -0.05) is 12.8 Å². The molecule has 2 unspecified atom stereocenters. The van der Waals surface area contributed by atoms with E-state index in [1.807, 2.05) is 6.07 Å². The molecule has 0 saturated carbocycles. The first-order valence-electron chi connectivity index (χ1n) is 7.10. The van der Waals surface area contributed by atoms with E-state index in [-0.39, 0.29) is 5.82 Å². The second-order valence-corrected chi connectivity index (χ2v) is 6.26. The van der Waals surface area contributed by atoms with Gasteiger partial charge in [0, 0.05) is 17.8 Å². The Labute approximate surface area is 123 Å². The molecule has 1 aromatic carbocycles. The van der Waals surface area contributed by atoms with E-state index >= 15 is 0 Å². The highest BCUT2D eigenvalue weighted by molar-refractivity contribution is 9.10. The summed E-state index contributed by atoms with van der Waals surface area (Å²) in [5.74, 6) is -0.218. The van der Waals surface area contributed by atoms with Gasteiger partial charge in [-0.25, -0.2) is 4.39 Å². The highest BCUT2D eigenvalue weighted by Gasteiger charge is 2.15. The minimum Gasteiger partial charge on any atom is -0.382 e. The quantitative estimate of drug-likeness (QED) is 0.860. The maximum Gasteiger partial charge on any atom is 0.139 e. The fourth-order valence-electron chi connectivity index (χ4n) is 2.66. The van der Waals surface area contributed by atoms with Gasteiger partial charge in [-0.15, -0.1) is 0 Å². The van der Waals surface area contributed by atoms with Gasteiger partial charge in [-0.2, -0.15) is 0 Å². The maximum atomic E-state index is 13.4. The summed E-state index contributed by atoms with van der Waals surface area (Å²) in [6.45, 7) is 3.29. The summed E-state index contributed by atoms with van der Waals surface area (Å²) in [7, 11) is 0. The van der Waals surface area contributed by atoms with Gasteiger partial charge in [-0.3, -0.25) is 0 Å². The van der Waals surface area contributed by atoms with E-state index in [2.05, 4.69) is 33.5 Å². The van der Waals surface area contributed by atoms with Crippen molar-refractivity contribution in [3.8, 4) is 0 Å². The summed E-state index contributed by atoms with van der Waals surface area (Å²) in [5.41, 5.74) is 0.849. The smallest absolute Gasteiger partial charge is 0.139 e. The predicted octanol–water partition coefficient (Wildman–Crippen LogP) is 4.31. The summed E-state index contributed by atoms with van der Waals surface area (Å²) in [6, 6.07) is 6.13. The van der Waals surface area contributed by atoms with Crippen molar-refractivity contribution in [1.82, 2.24) is 5.32 Å². The molecule has 1 aliphatic rings. The van der Waals surface area contributed by atoms with Gasteiger partial charge in [0.05, 0.1) is 4.47 Å². The molecule has 2 N–H and O–H groups in total. The topological polar surface area (TPSA) is 24.1 Å². The molecule has 1 aromatic rings. The first-order chi connectivity index (χ1) is 9.15. The zero-order chi connectivity index (χ0) is 13.7. The number of hydrogen-bond donors (Lipinski definition) is 2. The minimum absolute atomic E-state index is 0.218. The number of halogens is 2. The van der Waals surface area contributed by atoms with Crippen molar-refractivity contribution in [3.63, 3.8) is 0 Å². The van der Waals surface area contributed by atoms with E-state index in [9.17, 15) is 4.39 Å². The molecular formula is C15H22BrFN2. The molecule has 1 heterocycles. The molecule has 106 valence electrons. The molecule has 19 heavy (non-hydrogen) atoms. The lowest BCUT2D eigenvalue weighted by Gasteiger charge is -2.22. The number of anilines is 1. The van der Waals surface area contributed by atoms with Gasteiger partial charge in [-0.05, 0) is 66.9 Å². The van der Waals surface area contributed by atoms with Crippen molar-refractivity contribution in [2.45, 2.75) is 51.1 Å². The van der Waals surface area contributed by atoms with Crippen LogP contribution in [0.25, 0.3) is 0 Å². The van der Waals surface area contributed by atoms with E-state index in [4.69, 9.17) is 0 Å². The summed E-state index contributed by atoms with van der Waals surface area (Å²) < 4.78 is 14.0. The van der Waals surface area contributed by atoms with Crippen LogP contribution >= 0.6 is 15.9 Å². The zero-order valence-corrected chi connectivity index (χ0v) is 13.0. The first-order valence-corrected chi connectivity index (χ1v) is 7.89. The van der Waals surface area contributed by atoms with Crippen LogP contribution in [-0.4, -0.2) is 18.6 Å². The summed E-state index contributed by atoms with van der Waals surface area (Å²) in [5, 5.41) is 6.97. The Balaban J connectivity index is 1.85. The van der Waals surface area contributed by atoms with Crippen LogP contribution < -0.4 is 10.6 Å². The monoisotopic (exact) mass is 328 g/mol. The average molecular weight is 329 g/mol.